The maximum Gasteiger partial charge on any atom is 0.280 e. The smallest absolute Gasteiger partial charge is 0.280 e. The Kier molecular flexibility index (Phi) is 3.33. The summed E-state index contributed by atoms with van der Waals surface area (Å²) in [6, 6.07) is 6.56. The van der Waals surface area contributed by atoms with Crippen LogP contribution in [0.1, 0.15) is 10.4 Å². The van der Waals surface area contributed by atoms with Crippen molar-refractivity contribution in [3.05, 3.63) is 63.7 Å². The highest BCUT2D eigenvalue weighted by molar-refractivity contribution is 5.83. The van der Waals surface area contributed by atoms with E-state index in [4.69, 9.17) is 0 Å². The van der Waals surface area contributed by atoms with Crippen LogP contribution in [0.3, 0.4) is 0 Å². The van der Waals surface area contributed by atoms with E-state index in [2.05, 4.69) is 0 Å². The molecule has 19 heavy (non-hydrogen) atoms. The highest BCUT2D eigenvalue weighted by Crippen LogP contribution is 2.27. The van der Waals surface area contributed by atoms with Crippen molar-refractivity contribution in [3.63, 3.8) is 0 Å². The Hall–Kier alpha value is -2.63. The van der Waals surface area contributed by atoms with Gasteiger partial charge in [-0.1, -0.05) is 6.07 Å². The normalized spacial score (nSPS) is 10.2. The number of benzene rings is 2. The first-order valence-corrected chi connectivity index (χ1v) is 5.21. The van der Waals surface area contributed by atoms with E-state index in [1.165, 1.54) is 12.1 Å². The number of nitrogens with zero attached hydrogens (tertiary/aromatic N) is 1. The Morgan fingerprint density at radius 1 is 1.00 bits per heavy atom. The fourth-order valence-corrected chi connectivity index (χ4v) is 1.70. The van der Waals surface area contributed by atoms with Gasteiger partial charge in [-0.2, -0.15) is 0 Å². The Morgan fingerprint density at radius 2 is 1.63 bits per heavy atom. The number of carbonyl (C=O) groups is 1. The van der Waals surface area contributed by atoms with Gasteiger partial charge in [0.05, 0.1) is 10.5 Å². The number of hydrogen-bond acceptors (Lipinski definition) is 3. The number of nitro benzene ring substituents is 1. The molecule has 0 saturated carbocycles. The van der Waals surface area contributed by atoms with Gasteiger partial charge in [0.2, 0.25) is 0 Å². The van der Waals surface area contributed by atoms with E-state index in [0.717, 1.165) is 18.2 Å². The number of carbonyl (C=O) groups excluding carboxylic acids is 1. The van der Waals surface area contributed by atoms with Gasteiger partial charge in [-0.05, 0) is 29.3 Å². The molecule has 0 aromatic heterocycles. The zero-order valence-electron chi connectivity index (χ0n) is 9.47. The third kappa shape index (κ3) is 2.62. The minimum absolute atomic E-state index is 0.0920. The molecule has 0 aliphatic rings. The van der Waals surface area contributed by atoms with Crippen LogP contribution in [0.25, 0.3) is 11.1 Å². The molecule has 0 heterocycles. The molecule has 0 fully saturated rings. The predicted molar refractivity (Wildman–Crippen MR) is 63.8 cm³/mol. The molecule has 0 spiro atoms. The number of rotatable bonds is 3. The lowest BCUT2D eigenvalue weighted by molar-refractivity contribution is -0.385. The molecule has 0 bridgehead atoms. The summed E-state index contributed by atoms with van der Waals surface area (Å²) in [7, 11) is 0. The molecule has 2 aromatic carbocycles. The van der Waals surface area contributed by atoms with Crippen LogP contribution in [0.4, 0.5) is 14.5 Å². The van der Waals surface area contributed by atoms with Crippen molar-refractivity contribution in [1.82, 2.24) is 0 Å². The molecule has 0 saturated heterocycles. The van der Waals surface area contributed by atoms with Crippen molar-refractivity contribution in [2.75, 3.05) is 0 Å². The largest absolute Gasteiger partial charge is 0.298 e. The van der Waals surface area contributed by atoms with E-state index in [-0.39, 0.29) is 16.7 Å². The Balaban J connectivity index is 2.60. The second-order valence-corrected chi connectivity index (χ2v) is 3.81. The maximum atomic E-state index is 13.1. The molecule has 96 valence electrons. The summed E-state index contributed by atoms with van der Waals surface area (Å²) in [5.41, 5.74) is -0.0726. The quantitative estimate of drug-likeness (QED) is 0.484. The molecule has 2 rings (SSSR count). The van der Waals surface area contributed by atoms with Gasteiger partial charge in [0.25, 0.3) is 5.69 Å². The molecule has 2 aromatic rings. The molecule has 0 N–H and O–H groups in total. The van der Waals surface area contributed by atoms with Crippen LogP contribution in [0, 0.1) is 21.7 Å². The summed E-state index contributed by atoms with van der Waals surface area (Å²) in [5.74, 6) is -1.56. The van der Waals surface area contributed by atoms with E-state index in [9.17, 15) is 23.7 Å². The molecule has 0 aliphatic carbocycles. The average Bonchev–Trinajstić information content (AvgIpc) is 2.36. The second-order valence-electron chi connectivity index (χ2n) is 3.81. The standard InChI is InChI=1S/C13H7F2NO3/c14-11-3-10(4-12(15)6-11)8-1-2-9(7-17)13(5-8)16(18)19/h1-7H. The topological polar surface area (TPSA) is 60.2 Å². The van der Waals surface area contributed by atoms with Crippen LogP contribution in [-0.2, 0) is 0 Å². The Bertz CT molecular complexity index is 651. The van der Waals surface area contributed by atoms with E-state index < -0.39 is 22.2 Å². The number of nitro groups is 1. The first-order valence-electron chi connectivity index (χ1n) is 5.21. The Labute approximate surface area is 106 Å². The van der Waals surface area contributed by atoms with Crippen LogP contribution < -0.4 is 0 Å². The van der Waals surface area contributed by atoms with Crippen LogP contribution in [0.15, 0.2) is 36.4 Å². The highest BCUT2D eigenvalue weighted by Gasteiger charge is 2.15. The molecule has 6 heteroatoms. The first-order chi connectivity index (χ1) is 9.01. The van der Waals surface area contributed by atoms with Gasteiger partial charge in [-0.15, -0.1) is 0 Å². The van der Waals surface area contributed by atoms with Crippen molar-refractivity contribution >= 4 is 12.0 Å². The van der Waals surface area contributed by atoms with Crippen LogP contribution in [-0.4, -0.2) is 11.2 Å². The molecule has 0 aliphatic heterocycles. The molecule has 4 nitrogen and oxygen atoms in total. The van der Waals surface area contributed by atoms with E-state index in [1.807, 2.05) is 0 Å². The molecular formula is C13H7F2NO3. The van der Waals surface area contributed by atoms with Crippen molar-refractivity contribution in [3.8, 4) is 11.1 Å². The van der Waals surface area contributed by atoms with Crippen molar-refractivity contribution < 1.29 is 18.5 Å². The van der Waals surface area contributed by atoms with Gasteiger partial charge in [0, 0.05) is 12.1 Å². The van der Waals surface area contributed by atoms with Gasteiger partial charge in [0.15, 0.2) is 6.29 Å². The summed E-state index contributed by atoms with van der Waals surface area (Å²) in [6.07, 6.45) is 0.355. The van der Waals surface area contributed by atoms with Crippen LogP contribution >= 0.6 is 0 Å². The number of hydrogen-bond donors (Lipinski definition) is 0. The van der Waals surface area contributed by atoms with Crippen molar-refractivity contribution in [2.45, 2.75) is 0 Å². The summed E-state index contributed by atoms with van der Waals surface area (Å²) < 4.78 is 26.2. The van der Waals surface area contributed by atoms with E-state index >= 15 is 0 Å². The second kappa shape index (κ2) is 4.93. The number of halogens is 2. The van der Waals surface area contributed by atoms with E-state index in [1.54, 1.807) is 0 Å². The van der Waals surface area contributed by atoms with Gasteiger partial charge in [0.1, 0.15) is 11.6 Å². The fourth-order valence-electron chi connectivity index (χ4n) is 1.70. The molecule has 0 unspecified atom stereocenters. The average molecular weight is 263 g/mol. The lowest BCUT2D eigenvalue weighted by atomic mass is 10.0. The highest BCUT2D eigenvalue weighted by atomic mass is 19.1. The molecular weight excluding hydrogens is 256 g/mol. The lowest BCUT2D eigenvalue weighted by Crippen LogP contribution is -1.95. The minimum atomic E-state index is -0.780. The van der Waals surface area contributed by atoms with Gasteiger partial charge in [-0.25, -0.2) is 8.78 Å². The molecule has 0 atom stereocenters. The fraction of sp³-hybridized carbons (Fsp3) is 0. The maximum absolute atomic E-state index is 13.1. The monoisotopic (exact) mass is 263 g/mol. The third-order valence-corrected chi connectivity index (χ3v) is 2.55. The Morgan fingerprint density at radius 3 is 2.16 bits per heavy atom. The van der Waals surface area contributed by atoms with Crippen molar-refractivity contribution in [2.24, 2.45) is 0 Å². The zero-order chi connectivity index (χ0) is 14.0. The predicted octanol–water partition coefficient (Wildman–Crippen LogP) is 3.35. The van der Waals surface area contributed by atoms with Crippen LogP contribution in [0.5, 0.6) is 0 Å². The zero-order valence-corrected chi connectivity index (χ0v) is 9.47. The third-order valence-electron chi connectivity index (χ3n) is 2.55. The first kappa shape index (κ1) is 12.8. The SMILES string of the molecule is O=Cc1ccc(-c2cc(F)cc(F)c2)cc1[N+](=O)[O-]. The summed E-state index contributed by atoms with van der Waals surface area (Å²) in [4.78, 5) is 20.7. The summed E-state index contributed by atoms with van der Waals surface area (Å²) in [6.45, 7) is 0. The molecule has 0 amide bonds. The van der Waals surface area contributed by atoms with E-state index in [0.29, 0.717) is 12.4 Å². The van der Waals surface area contributed by atoms with Gasteiger partial charge < -0.3 is 0 Å². The van der Waals surface area contributed by atoms with Gasteiger partial charge >= 0.3 is 0 Å². The lowest BCUT2D eigenvalue weighted by Gasteiger charge is -2.04. The number of aldehydes is 1. The van der Waals surface area contributed by atoms with Crippen LogP contribution in [0.2, 0.25) is 0 Å². The molecule has 0 radical (unpaired) electrons. The van der Waals surface area contributed by atoms with Gasteiger partial charge in [-0.3, -0.25) is 14.9 Å². The minimum Gasteiger partial charge on any atom is -0.298 e. The summed E-state index contributed by atoms with van der Waals surface area (Å²) in [5, 5.41) is 10.8. The van der Waals surface area contributed by atoms with Crippen molar-refractivity contribution in [1.29, 1.82) is 0 Å². The summed E-state index contributed by atoms with van der Waals surface area (Å²) >= 11 is 0.